The van der Waals surface area contributed by atoms with Crippen molar-refractivity contribution in [3.8, 4) is 0 Å². The molecule has 0 atom stereocenters. The minimum absolute atomic E-state index is 0.800. The lowest BCUT2D eigenvalue weighted by atomic mass is 10.1. The van der Waals surface area contributed by atoms with Crippen LogP contribution in [0.5, 0.6) is 0 Å². The van der Waals surface area contributed by atoms with Crippen molar-refractivity contribution in [2.75, 3.05) is 6.54 Å². The largest absolute Gasteiger partial charge is 0.386 e. The fourth-order valence-electron chi connectivity index (χ4n) is 1.06. The van der Waals surface area contributed by atoms with Crippen molar-refractivity contribution in [1.82, 2.24) is 5.32 Å². The molecule has 0 radical (unpaired) electrons. The Morgan fingerprint density at radius 3 is 2.18 bits per heavy atom. The molecule has 0 aliphatic rings. The third-order valence-corrected chi connectivity index (χ3v) is 2.04. The molecule has 0 rings (SSSR count). The summed E-state index contributed by atoms with van der Waals surface area (Å²) in [5.41, 5.74) is 3.37. The third-order valence-electron chi connectivity index (χ3n) is 2.04. The number of nitrogens with one attached hydrogen (secondary N) is 1. The Morgan fingerprint density at radius 1 is 1.24 bits per heavy atom. The standard InChI is InChI=1S/C14H21N.C2H6/c1-6-9-14(12(4)5)11-15-10-13(7-2)8-3;1-2/h6-9,11,15H,2,4,10H2,1,3,5H3;1-2H3/b9-6-,13-8+,14-11+;. The SMILES string of the molecule is C=C/C(=C\C)CN/C=C(\C=C/C)C(=C)C.CC. The van der Waals surface area contributed by atoms with Gasteiger partial charge in [-0.05, 0) is 37.5 Å². The van der Waals surface area contributed by atoms with Crippen molar-refractivity contribution in [2.45, 2.75) is 34.6 Å². The Labute approximate surface area is 107 Å². The summed E-state index contributed by atoms with van der Waals surface area (Å²) in [6, 6.07) is 0. The Morgan fingerprint density at radius 2 is 1.82 bits per heavy atom. The van der Waals surface area contributed by atoms with Gasteiger partial charge in [-0.25, -0.2) is 0 Å². The molecule has 17 heavy (non-hydrogen) atoms. The van der Waals surface area contributed by atoms with Gasteiger partial charge in [0.15, 0.2) is 0 Å². The number of hydrogen-bond donors (Lipinski definition) is 1. The molecule has 1 nitrogen and oxygen atoms in total. The first-order valence-corrected chi connectivity index (χ1v) is 6.15. The number of allylic oxidation sites excluding steroid dienone is 5. The Balaban J connectivity index is 0. The predicted molar refractivity (Wildman–Crippen MR) is 81.0 cm³/mol. The molecule has 0 aliphatic heterocycles. The van der Waals surface area contributed by atoms with E-state index in [1.807, 2.05) is 65.1 Å². The fourth-order valence-corrected chi connectivity index (χ4v) is 1.06. The van der Waals surface area contributed by atoms with E-state index >= 15 is 0 Å². The molecule has 0 fully saturated rings. The quantitative estimate of drug-likeness (QED) is 0.652. The topological polar surface area (TPSA) is 12.0 Å². The second kappa shape index (κ2) is 12.6. The van der Waals surface area contributed by atoms with Crippen LogP contribution in [0.15, 0.2) is 60.4 Å². The van der Waals surface area contributed by atoms with Gasteiger partial charge in [-0.2, -0.15) is 0 Å². The van der Waals surface area contributed by atoms with Crippen molar-refractivity contribution in [1.29, 1.82) is 0 Å². The van der Waals surface area contributed by atoms with Crippen LogP contribution in [-0.4, -0.2) is 6.54 Å². The van der Waals surface area contributed by atoms with Gasteiger partial charge in [-0.3, -0.25) is 0 Å². The monoisotopic (exact) mass is 233 g/mol. The van der Waals surface area contributed by atoms with E-state index in [1.54, 1.807) is 0 Å². The van der Waals surface area contributed by atoms with Gasteiger partial charge in [0.1, 0.15) is 0 Å². The average Bonchev–Trinajstić information content (AvgIpc) is 2.35. The summed E-state index contributed by atoms with van der Waals surface area (Å²) < 4.78 is 0. The molecule has 0 aromatic carbocycles. The maximum Gasteiger partial charge on any atom is 0.0392 e. The molecule has 0 heterocycles. The van der Waals surface area contributed by atoms with Gasteiger partial charge >= 0.3 is 0 Å². The summed E-state index contributed by atoms with van der Waals surface area (Å²) in [5.74, 6) is 0. The summed E-state index contributed by atoms with van der Waals surface area (Å²) >= 11 is 0. The minimum Gasteiger partial charge on any atom is -0.386 e. The molecule has 0 aromatic heterocycles. The van der Waals surface area contributed by atoms with Crippen molar-refractivity contribution < 1.29 is 0 Å². The van der Waals surface area contributed by atoms with E-state index in [-0.39, 0.29) is 0 Å². The zero-order valence-electron chi connectivity index (χ0n) is 12.0. The van der Waals surface area contributed by atoms with Crippen LogP contribution in [0.1, 0.15) is 34.6 Å². The summed E-state index contributed by atoms with van der Waals surface area (Å²) in [7, 11) is 0. The Hall–Kier alpha value is -1.50. The normalized spacial score (nSPS) is 11.8. The zero-order chi connectivity index (χ0) is 13.7. The highest BCUT2D eigenvalue weighted by molar-refractivity contribution is 5.36. The highest BCUT2D eigenvalue weighted by Gasteiger charge is 1.92. The predicted octanol–water partition coefficient (Wildman–Crippen LogP) is 4.77. The molecule has 0 bridgehead atoms. The molecule has 0 amide bonds. The van der Waals surface area contributed by atoms with E-state index in [1.165, 1.54) is 5.57 Å². The average molecular weight is 233 g/mol. The van der Waals surface area contributed by atoms with E-state index in [4.69, 9.17) is 0 Å². The Bertz CT molecular complexity index is 303. The van der Waals surface area contributed by atoms with E-state index in [9.17, 15) is 0 Å². The molecular formula is C16H27N. The molecule has 0 saturated carbocycles. The van der Waals surface area contributed by atoms with Crippen molar-refractivity contribution in [3.05, 3.63) is 60.4 Å². The minimum atomic E-state index is 0.800. The molecule has 0 aliphatic carbocycles. The van der Waals surface area contributed by atoms with Gasteiger partial charge in [-0.15, -0.1) is 0 Å². The second-order valence-electron chi connectivity index (χ2n) is 3.33. The van der Waals surface area contributed by atoms with Gasteiger partial charge in [0.05, 0.1) is 0 Å². The van der Waals surface area contributed by atoms with Crippen LogP contribution in [0.2, 0.25) is 0 Å². The molecule has 0 aromatic rings. The smallest absolute Gasteiger partial charge is 0.0392 e. The highest BCUT2D eigenvalue weighted by atomic mass is 14.8. The van der Waals surface area contributed by atoms with Crippen molar-refractivity contribution >= 4 is 0 Å². The lowest BCUT2D eigenvalue weighted by Gasteiger charge is -2.04. The van der Waals surface area contributed by atoms with E-state index < -0.39 is 0 Å². The molecular weight excluding hydrogens is 206 g/mol. The van der Waals surface area contributed by atoms with E-state index in [2.05, 4.69) is 18.5 Å². The summed E-state index contributed by atoms with van der Waals surface area (Å²) in [5, 5.41) is 3.24. The van der Waals surface area contributed by atoms with Crippen LogP contribution in [0.3, 0.4) is 0 Å². The second-order valence-corrected chi connectivity index (χ2v) is 3.33. The summed E-state index contributed by atoms with van der Waals surface area (Å²) in [4.78, 5) is 0. The molecule has 1 N–H and O–H groups in total. The van der Waals surface area contributed by atoms with Gasteiger partial charge in [0.25, 0.3) is 0 Å². The van der Waals surface area contributed by atoms with Gasteiger partial charge in [0.2, 0.25) is 0 Å². The van der Waals surface area contributed by atoms with Gasteiger partial charge < -0.3 is 5.32 Å². The third kappa shape index (κ3) is 9.43. The van der Waals surface area contributed by atoms with Crippen LogP contribution in [-0.2, 0) is 0 Å². The van der Waals surface area contributed by atoms with Crippen molar-refractivity contribution in [3.63, 3.8) is 0 Å². The number of rotatable bonds is 6. The maximum absolute atomic E-state index is 3.92. The lowest BCUT2D eigenvalue weighted by molar-refractivity contribution is 0.946. The van der Waals surface area contributed by atoms with Crippen LogP contribution in [0, 0.1) is 0 Å². The van der Waals surface area contributed by atoms with E-state index in [0.717, 1.165) is 17.7 Å². The lowest BCUT2D eigenvalue weighted by Crippen LogP contribution is -2.09. The maximum atomic E-state index is 3.92. The van der Waals surface area contributed by atoms with Crippen LogP contribution in [0.25, 0.3) is 0 Å². The fraction of sp³-hybridized carbons (Fsp3) is 0.375. The molecule has 1 heteroatoms. The molecule has 0 unspecified atom stereocenters. The van der Waals surface area contributed by atoms with Crippen LogP contribution in [0.4, 0.5) is 0 Å². The molecule has 0 saturated heterocycles. The zero-order valence-corrected chi connectivity index (χ0v) is 12.0. The van der Waals surface area contributed by atoms with Gasteiger partial charge in [0, 0.05) is 12.7 Å². The van der Waals surface area contributed by atoms with Gasteiger partial charge in [-0.1, -0.05) is 51.3 Å². The van der Waals surface area contributed by atoms with Crippen LogP contribution >= 0.6 is 0 Å². The first-order valence-electron chi connectivity index (χ1n) is 6.15. The summed E-state index contributed by atoms with van der Waals surface area (Å²) in [6.07, 6.45) is 9.93. The first kappa shape index (κ1) is 17.9. The van der Waals surface area contributed by atoms with E-state index in [0.29, 0.717) is 0 Å². The summed E-state index contributed by atoms with van der Waals surface area (Å²) in [6.45, 7) is 18.5. The Kier molecular flexibility index (Phi) is 13.2. The number of hydrogen-bond acceptors (Lipinski definition) is 1. The van der Waals surface area contributed by atoms with Crippen LogP contribution < -0.4 is 5.32 Å². The molecule has 0 spiro atoms. The first-order chi connectivity index (χ1) is 8.15. The van der Waals surface area contributed by atoms with Crippen molar-refractivity contribution in [2.24, 2.45) is 0 Å². The highest BCUT2D eigenvalue weighted by Crippen LogP contribution is 2.07. The molecule has 96 valence electrons.